The van der Waals surface area contributed by atoms with Gasteiger partial charge in [0, 0.05) is 0 Å². The summed E-state index contributed by atoms with van der Waals surface area (Å²) in [6.07, 6.45) is 0. The Morgan fingerprint density at radius 3 is 2.46 bits per heavy atom. The maximum Gasteiger partial charge on any atom is 0.462 e. The molecule has 1 fully saturated rings. The highest BCUT2D eigenvalue weighted by Crippen LogP contribution is 2.61. The van der Waals surface area contributed by atoms with E-state index in [1.165, 1.54) is 6.92 Å². The second-order valence-electron chi connectivity index (χ2n) is 2.84. The molecule has 1 rings (SSSR count). The molecule has 0 radical (unpaired) electrons. The Balaban J connectivity index is 2.59. The summed E-state index contributed by atoms with van der Waals surface area (Å²) in [5, 5.41) is 17.0. The summed E-state index contributed by atoms with van der Waals surface area (Å²) in [5.74, 6) is -7.84. The number of hydrogen-bond donors (Lipinski definition) is 2. The zero-order valence-corrected chi connectivity index (χ0v) is 6.91. The molecular weight excluding hydrogens is 185 g/mol. The van der Waals surface area contributed by atoms with Crippen molar-refractivity contribution in [3.63, 3.8) is 0 Å². The molecule has 0 bridgehead atoms. The summed E-state index contributed by atoms with van der Waals surface area (Å²) in [4.78, 5) is 10.8. The highest BCUT2D eigenvalue weighted by atomic mass is 19.3. The molecule has 0 aliphatic heterocycles. The molecule has 13 heavy (non-hydrogen) atoms. The van der Waals surface area contributed by atoms with Crippen LogP contribution in [0.3, 0.4) is 0 Å². The minimum absolute atomic E-state index is 0.000340. The first-order chi connectivity index (χ1) is 5.92. The lowest BCUT2D eigenvalue weighted by Gasteiger charge is -1.98. The molecular formula is C6H9BF2O4. The van der Waals surface area contributed by atoms with Gasteiger partial charge in [0.05, 0.1) is 12.4 Å². The van der Waals surface area contributed by atoms with Gasteiger partial charge < -0.3 is 14.8 Å². The van der Waals surface area contributed by atoms with Crippen molar-refractivity contribution in [1.82, 2.24) is 0 Å². The van der Waals surface area contributed by atoms with Crippen LogP contribution < -0.4 is 0 Å². The quantitative estimate of drug-likeness (QED) is 0.476. The Hall–Kier alpha value is -0.685. The first-order valence-electron chi connectivity index (χ1n) is 3.83. The molecule has 1 saturated carbocycles. The van der Waals surface area contributed by atoms with Gasteiger partial charge in [-0.15, -0.1) is 0 Å². The van der Waals surface area contributed by atoms with Gasteiger partial charge in [0.15, 0.2) is 0 Å². The van der Waals surface area contributed by atoms with Gasteiger partial charge in [-0.3, -0.25) is 4.79 Å². The lowest BCUT2D eigenvalue weighted by molar-refractivity contribution is -0.147. The molecule has 4 nitrogen and oxygen atoms in total. The molecule has 0 unspecified atom stereocenters. The van der Waals surface area contributed by atoms with E-state index in [9.17, 15) is 13.6 Å². The van der Waals surface area contributed by atoms with E-state index in [2.05, 4.69) is 4.74 Å². The number of hydrogen-bond acceptors (Lipinski definition) is 4. The van der Waals surface area contributed by atoms with Crippen LogP contribution in [0.1, 0.15) is 6.92 Å². The summed E-state index contributed by atoms with van der Waals surface area (Å²) in [6.45, 7) is 1.49. The predicted octanol–water partition coefficient (Wildman–Crippen LogP) is -0.342. The van der Waals surface area contributed by atoms with Gasteiger partial charge in [-0.2, -0.15) is 0 Å². The maximum atomic E-state index is 12.7. The second-order valence-corrected chi connectivity index (χ2v) is 2.84. The lowest BCUT2D eigenvalue weighted by atomic mass is 9.82. The molecule has 74 valence electrons. The van der Waals surface area contributed by atoms with Crippen molar-refractivity contribution in [2.45, 2.75) is 18.7 Å². The Labute approximate surface area is 73.6 Å². The van der Waals surface area contributed by atoms with E-state index in [1.807, 2.05) is 0 Å². The molecule has 0 heterocycles. The van der Waals surface area contributed by atoms with Gasteiger partial charge in [-0.25, -0.2) is 8.78 Å². The number of rotatable bonds is 3. The van der Waals surface area contributed by atoms with E-state index in [0.29, 0.717) is 0 Å². The number of esters is 1. The van der Waals surface area contributed by atoms with Gasteiger partial charge >= 0.3 is 13.1 Å². The smallest absolute Gasteiger partial charge is 0.462 e. The van der Waals surface area contributed by atoms with Crippen LogP contribution in [0.2, 0.25) is 5.82 Å². The molecule has 0 spiro atoms. The number of carbonyl (C=O) groups excluding carboxylic acids is 1. The van der Waals surface area contributed by atoms with E-state index in [0.717, 1.165) is 0 Å². The zero-order chi connectivity index (χ0) is 10.2. The van der Waals surface area contributed by atoms with Crippen LogP contribution in [0, 0.1) is 5.92 Å². The van der Waals surface area contributed by atoms with Crippen molar-refractivity contribution in [2.75, 3.05) is 6.61 Å². The average Bonchev–Trinajstić information content (AvgIpc) is 2.54. The van der Waals surface area contributed by atoms with Crippen molar-refractivity contribution in [3.05, 3.63) is 0 Å². The van der Waals surface area contributed by atoms with Crippen LogP contribution in [0.15, 0.2) is 0 Å². The highest BCUT2D eigenvalue weighted by Gasteiger charge is 2.76. The summed E-state index contributed by atoms with van der Waals surface area (Å²) in [5.41, 5.74) is 0. The molecule has 2 N–H and O–H groups in total. The molecule has 7 heteroatoms. The standard InChI is InChI=1S/C6H9BF2O4/c1-2-13-5(10)3-4(7(11)12)6(3,8)9/h3-4,11-12H,2H2,1H3/t3-,4+/m0/s1. The first kappa shape index (κ1) is 10.4. The SMILES string of the molecule is CCOC(=O)[C@@H]1[C@@H](B(O)O)C1(F)F. The monoisotopic (exact) mass is 194 g/mol. The fourth-order valence-electron chi connectivity index (χ4n) is 1.26. The topological polar surface area (TPSA) is 66.8 Å². The molecule has 1 aliphatic carbocycles. The zero-order valence-electron chi connectivity index (χ0n) is 6.91. The van der Waals surface area contributed by atoms with Crippen molar-refractivity contribution in [3.8, 4) is 0 Å². The number of carbonyl (C=O) groups is 1. The molecule has 0 saturated heterocycles. The minimum Gasteiger partial charge on any atom is -0.466 e. The van der Waals surface area contributed by atoms with Crippen LogP contribution in [-0.2, 0) is 9.53 Å². The highest BCUT2D eigenvalue weighted by molar-refractivity contribution is 6.46. The van der Waals surface area contributed by atoms with E-state index in [4.69, 9.17) is 10.0 Å². The van der Waals surface area contributed by atoms with E-state index in [1.54, 1.807) is 0 Å². The molecule has 2 atom stereocenters. The Morgan fingerprint density at radius 2 is 2.15 bits per heavy atom. The molecule has 1 aliphatic rings. The summed E-state index contributed by atoms with van der Waals surface area (Å²) >= 11 is 0. The lowest BCUT2D eigenvalue weighted by Crippen LogP contribution is -2.15. The normalized spacial score (nSPS) is 29.6. The number of ether oxygens (including phenoxy) is 1. The van der Waals surface area contributed by atoms with Gasteiger partial charge in [0.1, 0.15) is 5.92 Å². The average molecular weight is 194 g/mol. The summed E-state index contributed by atoms with van der Waals surface area (Å²) in [7, 11) is -2.18. The summed E-state index contributed by atoms with van der Waals surface area (Å²) in [6, 6.07) is 0. The van der Waals surface area contributed by atoms with Crippen LogP contribution in [-0.4, -0.2) is 35.7 Å². The van der Waals surface area contributed by atoms with Crippen molar-refractivity contribution in [1.29, 1.82) is 0 Å². The summed E-state index contributed by atoms with van der Waals surface area (Å²) < 4.78 is 29.7. The largest absolute Gasteiger partial charge is 0.466 e. The van der Waals surface area contributed by atoms with Crippen LogP contribution >= 0.6 is 0 Å². The van der Waals surface area contributed by atoms with E-state index < -0.39 is 30.7 Å². The number of halogens is 2. The third-order valence-corrected chi connectivity index (χ3v) is 1.97. The van der Waals surface area contributed by atoms with Crippen LogP contribution in [0.4, 0.5) is 8.78 Å². The maximum absolute atomic E-state index is 12.7. The molecule has 0 aromatic rings. The Morgan fingerprint density at radius 1 is 1.62 bits per heavy atom. The van der Waals surface area contributed by atoms with E-state index in [-0.39, 0.29) is 6.61 Å². The Bertz CT molecular complexity index is 221. The van der Waals surface area contributed by atoms with Crippen molar-refractivity contribution >= 4 is 13.1 Å². The fraction of sp³-hybridized carbons (Fsp3) is 0.833. The fourth-order valence-corrected chi connectivity index (χ4v) is 1.26. The van der Waals surface area contributed by atoms with Crippen molar-refractivity contribution < 1.29 is 28.4 Å². The predicted molar refractivity (Wildman–Crippen MR) is 39.0 cm³/mol. The third kappa shape index (κ3) is 1.66. The van der Waals surface area contributed by atoms with E-state index >= 15 is 0 Å². The molecule has 0 aromatic carbocycles. The first-order valence-corrected chi connectivity index (χ1v) is 3.83. The van der Waals surface area contributed by atoms with Crippen LogP contribution in [0.5, 0.6) is 0 Å². The molecule has 0 amide bonds. The molecule has 0 aromatic heterocycles. The van der Waals surface area contributed by atoms with Gasteiger partial charge in [0.2, 0.25) is 0 Å². The minimum atomic E-state index is -3.35. The van der Waals surface area contributed by atoms with Gasteiger partial charge in [0.25, 0.3) is 5.92 Å². The Kier molecular flexibility index (Phi) is 2.58. The third-order valence-electron chi connectivity index (χ3n) is 1.97. The van der Waals surface area contributed by atoms with Crippen molar-refractivity contribution in [2.24, 2.45) is 5.92 Å². The van der Waals surface area contributed by atoms with Gasteiger partial charge in [-0.1, -0.05) is 0 Å². The second kappa shape index (κ2) is 3.23. The van der Waals surface area contributed by atoms with Crippen LogP contribution in [0.25, 0.3) is 0 Å². The van der Waals surface area contributed by atoms with Gasteiger partial charge in [-0.05, 0) is 6.92 Å². The number of alkyl halides is 2.